The lowest BCUT2D eigenvalue weighted by Crippen LogP contribution is -2.41. The molecule has 0 bridgehead atoms. The van der Waals surface area contributed by atoms with Gasteiger partial charge in [-0.1, -0.05) is 12.5 Å². The van der Waals surface area contributed by atoms with Gasteiger partial charge in [-0.3, -0.25) is 9.59 Å². The van der Waals surface area contributed by atoms with E-state index in [0.29, 0.717) is 24.4 Å². The van der Waals surface area contributed by atoms with Crippen molar-refractivity contribution in [3.05, 3.63) is 36.2 Å². The molecule has 0 aliphatic heterocycles. The first-order chi connectivity index (χ1) is 11.0. The van der Waals surface area contributed by atoms with Crippen molar-refractivity contribution < 1.29 is 19.1 Å². The van der Waals surface area contributed by atoms with Gasteiger partial charge in [0, 0.05) is 17.7 Å². The molecule has 1 heterocycles. The smallest absolute Gasteiger partial charge is 0.310 e. The van der Waals surface area contributed by atoms with E-state index in [1.54, 1.807) is 24.5 Å². The van der Waals surface area contributed by atoms with Gasteiger partial charge in [0.2, 0.25) is 11.8 Å². The van der Waals surface area contributed by atoms with Crippen LogP contribution in [0.3, 0.4) is 0 Å². The lowest BCUT2D eigenvalue weighted by atomic mass is 9.66. The van der Waals surface area contributed by atoms with Crippen LogP contribution in [0.5, 0.6) is 0 Å². The number of rotatable bonds is 5. The lowest BCUT2D eigenvalue weighted by Gasteiger charge is -2.36. The highest BCUT2D eigenvalue weighted by molar-refractivity contribution is 5.95. The van der Waals surface area contributed by atoms with E-state index in [-0.39, 0.29) is 12.3 Å². The summed E-state index contributed by atoms with van der Waals surface area (Å²) in [4.78, 5) is 27.7. The van der Waals surface area contributed by atoms with Gasteiger partial charge < -0.3 is 14.8 Å². The van der Waals surface area contributed by atoms with Gasteiger partial charge >= 0.3 is 5.97 Å². The molecule has 0 spiro atoms. The highest BCUT2D eigenvalue weighted by atomic mass is 16.4. The van der Waals surface area contributed by atoms with Gasteiger partial charge in [-0.15, -0.1) is 0 Å². The Bertz CT molecular complexity index is 747. The van der Waals surface area contributed by atoms with Crippen molar-refractivity contribution in [3.8, 4) is 11.5 Å². The summed E-state index contributed by atoms with van der Waals surface area (Å²) < 4.78 is 5.35. The topological polar surface area (TPSA) is 92.4 Å². The monoisotopic (exact) mass is 314 g/mol. The fourth-order valence-electron chi connectivity index (χ4n) is 2.80. The number of aliphatic carboxylic acids is 1. The van der Waals surface area contributed by atoms with Crippen LogP contribution >= 0.6 is 0 Å². The summed E-state index contributed by atoms with van der Waals surface area (Å²) in [6.45, 7) is 1.84. The maximum Gasteiger partial charge on any atom is 0.310 e. The van der Waals surface area contributed by atoms with E-state index in [0.717, 1.165) is 17.7 Å². The van der Waals surface area contributed by atoms with E-state index < -0.39 is 11.4 Å². The van der Waals surface area contributed by atoms with Gasteiger partial charge in [-0.05, 0) is 38.0 Å². The predicted molar refractivity (Wildman–Crippen MR) is 83.8 cm³/mol. The Morgan fingerprint density at radius 3 is 2.74 bits per heavy atom. The maximum atomic E-state index is 12.2. The Labute approximate surface area is 133 Å². The summed E-state index contributed by atoms with van der Waals surface area (Å²) in [5.74, 6) is -0.685. The Kier molecular flexibility index (Phi) is 3.90. The molecule has 0 radical (unpaired) electrons. The summed E-state index contributed by atoms with van der Waals surface area (Å²) >= 11 is 0. The number of hydrogen-bond donors (Lipinski definition) is 2. The number of carbonyl (C=O) groups is 2. The van der Waals surface area contributed by atoms with Crippen LogP contribution in [-0.4, -0.2) is 22.0 Å². The molecule has 1 aromatic heterocycles. The molecule has 1 saturated carbocycles. The zero-order chi connectivity index (χ0) is 16.4. The van der Waals surface area contributed by atoms with Crippen molar-refractivity contribution in [1.82, 2.24) is 4.98 Å². The fourth-order valence-corrected chi connectivity index (χ4v) is 2.80. The third-order valence-corrected chi connectivity index (χ3v) is 4.28. The lowest BCUT2D eigenvalue weighted by molar-refractivity contribution is -0.157. The van der Waals surface area contributed by atoms with Crippen LogP contribution in [0.2, 0.25) is 0 Å². The quantitative estimate of drug-likeness (QED) is 0.884. The zero-order valence-corrected chi connectivity index (χ0v) is 12.8. The standard InChI is InChI=1S/C17H18N2O4/c1-11-10-23-15(18-11)12-4-2-5-13(8-12)19-14(20)9-17(16(21)22)6-3-7-17/h2,4-5,8,10H,3,6-7,9H2,1H3,(H,19,20)(H,21,22). The van der Waals surface area contributed by atoms with Gasteiger partial charge in [0.15, 0.2) is 0 Å². The van der Waals surface area contributed by atoms with Crippen LogP contribution in [0.25, 0.3) is 11.5 Å². The van der Waals surface area contributed by atoms with Crippen molar-refractivity contribution in [1.29, 1.82) is 0 Å². The first kappa shape index (κ1) is 15.3. The second-order valence-electron chi connectivity index (χ2n) is 6.04. The van der Waals surface area contributed by atoms with Crippen LogP contribution in [0.1, 0.15) is 31.4 Å². The molecule has 23 heavy (non-hydrogen) atoms. The summed E-state index contributed by atoms with van der Waals surface area (Å²) in [5, 5.41) is 12.1. The minimum Gasteiger partial charge on any atom is -0.481 e. The Morgan fingerprint density at radius 1 is 1.39 bits per heavy atom. The molecule has 1 aromatic carbocycles. The zero-order valence-electron chi connectivity index (χ0n) is 12.8. The Balaban J connectivity index is 1.70. The van der Waals surface area contributed by atoms with Gasteiger partial charge in [-0.25, -0.2) is 4.98 Å². The summed E-state index contributed by atoms with van der Waals surface area (Å²) in [6, 6.07) is 7.15. The third kappa shape index (κ3) is 3.11. The maximum absolute atomic E-state index is 12.2. The van der Waals surface area contributed by atoms with Crippen LogP contribution in [-0.2, 0) is 9.59 Å². The molecule has 1 fully saturated rings. The number of carboxylic acids is 1. The Morgan fingerprint density at radius 2 is 2.17 bits per heavy atom. The van der Waals surface area contributed by atoms with Gasteiger partial charge in [0.1, 0.15) is 6.26 Å². The second kappa shape index (κ2) is 5.87. The molecule has 2 aromatic rings. The summed E-state index contributed by atoms with van der Waals surface area (Å²) in [5.41, 5.74) is 1.25. The van der Waals surface area contributed by atoms with Gasteiger partial charge in [-0.2, -0.15) is 0 Å². The fraction of sp³-hybridized carbons (Fsp3) is 0.353. The van der Waals surface area contributed by atoms with E-state index in [2.05, 4.69) is 10.3 Å². The third-order valence-electron chi connectivity index (χ3n) is 4.28. The van der Waals surface area contributed by atoms with Crippen LogP contribution in [0, 0.1) is 12.3 Å². The molecule has 0 saturated heterocycles. The molecule has 0 atom stereocenters. The normalized spacial score (nSPS) is 15.7. The molecular weight excluding hydrogens is 296 g/mol. The van der Waals surface area contributed by atoms with E-state index in [9.17, 15) is 14.7 Å². The number of hydrogen-bond acceptors (Lipinski definition) is 4. The van der Waals surface area contributed by atoms with Gasteiger partial charge in [0.25, 0.3) is 0 Å². The highest BCUT2D eigenvalue weighted by Gasteiger charge is 2.45. The molecule has 120 valence electrons. The van der Waals surface area contributed by atoms with E-state index in [1.807, 2.05) is 13.0 Å². The number of anilines is 1. The van der Waals surface area contributed by atoms with E-state index in [1.165, 1.54) is 0 Å². The first-order valence-electron chi connectivity index (χ1n) is 7.54. The average molecular weight is 314 g/mol. The van der Waals surface area contributed by atoms with Crippen molar-refractivity contribution >= 4 is 17.6 Å². The predicted octanol–water partition coefficient (Wildman–Crippen LogP) is 3.23. The van der Waals surface area contributed by atoms with Crippen LogP contribution in [0.4, 0.5) is 5.69 Å². The van der Waals surface area contributed by atoms with Crippen LogP contribution < -0.4 is 5.32 Å². The van der Waals surface area contributed by atoms with Gasteiger partial charge in [0.05, 0.1) is 11.1 Å². The minimum atomic E-state index is -0.888. The SMILES string of the molecule is Cc1coc(-c2cccc(NC(=O)CC3(C(=O)O)CCC3)c2)n1. The molecule has 6 nitrogen and oxygen atoms in total. The number of benzene rings is 1. The van der Waals surface area contributed by atoms with Crippen molar-refractivity contribution in [2.24, 2.45) is 5.41 Å². The highest BCUT2D eigenvalue weighted by Crippen LogP contribution is 2.44. The van der Waals surface area contributed by atoms with Crippen LogP contribution in [0.15, 0.2) is 34.9 Å². The first-order valence-corrected chi connectivity index (χ1v) is 7.54. The Hall–Kier alpha value is -2.63. The number of amides is 1. The number of nitrogens with one attached hydrogen (secondary N) is 1. The number of carbonyl (C=O) groups excluding carboxylic acids is 1. The van der Waals surface area contributed by atoms with Crippen molar-refractivity contribution in [2.45, 2.75) is 32.6 Å². The number of oxazole rings is 1. The van der Waals surface area contributed by atoms with Crippen molar-refractivity contribution in [2.75, 3.05) is 5.32 Å². The molecule has 1 amide bonds. The second-order valence-corrected chi connectivity index (χ2v) is 6.04. The van der Waals surface area contributed by atoms with E-state index >= 15 is 0 Å². The average Bonchev–Trinajstić information content (AvgIpc) is 2.89. The molecule has 1 aliphatic rings. The largest absolute Gasteiger partial charge is 0.481 e. The summed E-state index contributed by atoms with van der Waals surface area (Å²) in [6.07, 6.45) is 3.55. The minimum absolute atomic E-state index is 0.00463. The molecule has 1 aliphatic carbocycles. The number of nitrogens with zero attached hydrogens (tertiary/aromatic N) is 1. The number of carboxylic acid groups (broad SMARTS) is 1. The number of aryl methyl sites for hydroxylation is 1. The van der Waals surface area contributed by atoms with Crippen molar-refractivity contribution in [3.63, 3.8) is 0 Å². The molecule has 6 heteroatoms. The summed E-state index contributed by atoms with van der Waals surface area (Å²) in [7, 11) is 0. The van der Waals surface area contributed by atoms with E-state index in [4.69, 9.17) is 4.42 Å². The molecular formula is C17H18N2O4. The molecule has 3 rings (SSSR count). The molecule has 0 unspecified atom stereocenters. The molecule has 2 N–H and O–H groups in total. The number of aromatic nitrogens is 1.